The van der Waals surface area contributed by atoms with Crippen LogP contribution in [-0.4, -0.2) is 75.5 Å². The van der Waals surface area contributed by atoms with Gasteiger partial charge < -0.3 is 28.6 Å². The fourth-order valence-corrected chi connectivity index (χ4v) is 6.74. The molecule has 8 heteroatoms. The molecule has 0 aromatic heterocycles. The third kappa shape index (κ3) is 40.2. The molecule has 0 bridgehead atoms. The molecule has 2 atom stereocenters. The number of carboxylic acid groups (broad SMARTS) is 1. The molecular formula is C51H89NO7. The first-order chi connectivity index (χ1) is 28.6. The summed E-state index contributed by atoms with van der Waals surface area (Å²) in [4.78, 5) is 36.9. The lowest BCUT2D eigenvalue weighted by Crippen LogP contribution is -2.55. The maximum absolute atomic E-state index is 12.7. The molecule has 0 aliphatic rings. The summed E-state index contributed by atoms with van der Waals surface area (Å²) in [6.07, 6.45) is 51.0. The Kier molecular flexibility index (Phi) is 39.6. The van der Waals surface area contributed by atoms with Gasteiger partial charge in [0.2, 0.25) is 0 Å². The average molecular weight is 828 g/mol. The standard InChI is InChI=1S/C51H89NO7/c1-6-8-10-12-14-16-18-20-21-22-23-24-25-26-27-28-29-30-32-33-35-37-39-41-49(53)58-46-47(45-57-44-43-48(51(55)56)52(3,4)5)59-50(54)42-40-38-36-34-31-19-17-15-13-11-9-7-2/h8,10,14,16,20-21,23-24,26-27,47-48H,6-7,9,11-13,15,17-19,22,25,28-46H2,1-5H3/b10-8+,16-14+,21-20+,24-23+,27-26+. The highest BCUT2D eigenvalue weighted by Gasteiger charge is 2.25. The van der Waals surface area contributed by atoms with Gasteiger partial charge >= 0.3 is 11.9 Å². The van der Waals surface area contributed by atoms with Crippen molar-refractivity contribution in [2.75, 3.05) is 41.0 Å². The van der Waals surface area contributed by atoms with Crippen LogP contribution in [0.5, 0.6) is 0 Å². The molecule has 0 rings (SSSR count). The summed E-state index contributed by atoms with van der Waals surface area (Å²) in [6, 6.07) is -0.728. The van der Waals surface area contributed by atoms with Crippen LogP contribution in [0, 0.1) is 0 Å². The first-order valence-corrected chi connectivity index (χ1v) is 23.8. The van der Waals surface area contributed by atoms with Crippen LogP contribution in [0.15, 0.2) is 60.8 Å². The van der Waals surface area contributed by atoms with Gasteiger partial charge in [-0.1, -0.05) is 177 Å². The van der Waals surface area contributed by atoms with E-state index in [0.29, 0.717) is 12.8 Å². The second-order valence-electron chi connectivity index (χ2n) is 17.0. The molecule has 0 fully saturated rings. The van der Waals surface area contributed by atoms with Gasteiger partial charge in [0.25, 0.3) is 0 Å². The van der Waals surface area contributed by atoms with Gasteiger partial charge in [-0.2, -0.15) is 0 Å². The number of ether oxygens (including phenoxy) is 3. The highest BCUT2D eigenvalue weighted by Crippen LogP contribution is 2.15. The molecule has 0 spiro atoms. The number of carboxylic acids is 1. The van der Waals surface area contributed by atoms with Crippen molar-refractivity contribution < 1.29 is 38.2 Å². The van der Waals surface area contributed by atoms with E-state index in [-0.39, 0.29) is 42.7 Å². The highest BCUT2D eigenvalue weighted by molar-refractivity contribution is 5.70. The smallest absolute Gasteiger partial charge is 0.306 e. The third-order valence-electron chi connectivity index (χ3n) is 10.4. The minimum Gasteiger partial charge on any atom is -0.544 e. The fourth-order valence-electron chi connectivity index (χ4n) is 6.74. The van der Waals surface area contributed by atoms with Crippen molar-refractivity contribution in [3.8, 4) is 0 Å². The maximum Gasteiger partial charge on any atom is 0.306 e. The molecule has 0 aromatic rings. The number of allylic oxidation sites excluding steroid dienone is 10. The van der Waals surface area contributed by atoms with Crippen molar-refractivity contribution in [2.45, 2.75) is 206 Å². The average Bonchev–Trinajstić information content (AvgIpc) is 3.19. The molecule has 0 heterocycles. The number of likely N-dealkylation sites (N-methyl/N-ethyl adjacent to an activating group) is 1. The van der Waals surface area contributed by atoms with E-state index in [4.69, 9.17) is 14.2 Å². The summed E-state index contributed by atoms with van der Waals surface area (Å²) in [7, 11) is 5.40. The van der Waals surface area contributed by atoms with E-state index < -0.39 is 18.1 Å². The number of nitrogens with zero attached hydrogens (tertiary/aromatic N) is 1. The van der Waals surface area contributed by atoms with E-state index >= 15 is 0 Å². The number of aliphatic carboxylic acids is 1. The Morgan fingerprint density at radius 3 is 1.41 bits per heavy atom. The highest BCUT2D eigenvalue weighted by atomic mass is 16.6. The van der Waals surface area contributed by atoms with Crippen LogP contribution in [0.2, 0.25) is 0 Å². The van der Waals surface area contributed by atoms with Crippen molar-refractivity contribution in [1.82, 2.24) is 0 Å². The van der Waals surface area contributed by atoms with Crippen molar-refractivity contribution in [1.29, 1.82) is 0 Å². The Morgan fingerprint density at radius 1 is 0.525 bits per heavy atom. The summed E-state index contributed by atoms with van der Waals surface area (Å²) in [5.41, 5.74) is 0. The van der Waals surface area contributed by atoms with Crippen molar-refractivity contribution >= 4 is 17.9 Å². The molecule has 0 saturated heterocycles. The van der Waals surface area contributed by atoms with Crippen LogP contribution in [0.3, 0.4) is 0 Å². The molecule has 0 amide bonds. The zero-order valence-corrected chi connectivity index (χ0v) is 38.7. The molecule has 2 unspecified atom stereocenters. The Morgan fingerprint density at radius 2 is 0.949 bits per heavy atom. The number of carbonyl (C=O) groups is 3. The quantitative estimate of drug-likeness (QED) is 0.0261. The molecule has 0 aliphatic heterocycles. The van der Waals surface area contributed by atoms with Gasteiger partial charge in [-0.05, 0) is 57.8 Å². The minimum atomic E-state index is -1.13. The number of carbonyl (C=O) groups excluding carboxylic acids is 3. The number of quaternary nitrogens is 1. The van der Waals surface area contributed by atoms with Gasteiger partial charge in [0.15, 0.2) is 6.10 Å². The summed E-state index contributed by atoms with van der Waals surface area (Å²) in [5.74, 6) is -1.75. The lowest BCUT2D eigenvalue weighted by Gasteiger charge is -2.34. The van der Waals surface area contributed by atoms with Gasteiger partial charge in [0, 0.05) is 19.3 Å². The lowest BCUT2D eigenvalue weighted by atomic mass is 10.0. The van der Waals surface area contributed by atoms with Crippen LogP contribution in [0.1, 0.15) is 194 Å². The molecule has 8 nitrogen and oxygen atoms in total. The van der Waals surface area contributed by atoms with E-state index in [1.807, 2.05) is 0 Å². The molecule has 0 N–H and O–H groups in total. The molecule has 0 saturated carbocycles. The molecule has 59 heavy (non-hydrogen) atoms. The number of hydrogen-bond acceptors (Lipinski definition) is 7. The summed E-state index contributed by atoms with van der Waals surface area (Å²) in [5, 5.41) is 11.6. The van der Waals surface area contributed by atoms with Crippen molar-refractivity contribution in [3.05, 3.63) is 60.8 Å². The Hall–Kier alpha value is -2.97. The van der Waals surface area contributed by atoms with E-state index in [2.05, 4.69) is 74.6 Å². The molecule has 340 valence electrons. The molecule has 0 aromatic carbocycles. The van der Waals surface area contributed by atoms with Crippen LogP contribution >= 0.6 is 0 Å². The Bertz CT molecular complexity index is 1150. The number of unbranched alkanes of at least 4 members (excludes halogenated alkanes) is 18. The Balaban J connectivity index is 4.26. The fraction of sp³-hybridized carbons (Fsp3) is 0.745. The zero-order chi connectivity index (χ0) is 43.5. The largest absolute Gasteiger partial charge is 0.544 e. The first-order valence-electron chi connectivity index (χ1n) is 23.8. The normalized spacial score (nSPS) is 13.4. The van der Waals surface area contributed by atoms with Crippen LogP contribution in [-0.2, 0) is 28.6 Å². The summed E-state index contributed by atoms with van der Waals surface area (Å²) >= 11 is 0. The van der Waals surface area contributed by atoms with Gasteiger partial charge in [-0.25, -0.2) is 0 Å². The third-order valence-corrected chi connectivity index (χ3v) is 10.4. The van der Waals surface area contributed by atoms with Crippen molar-refractivity contribution in [2.24, 2.45) is 0 Å². The van der Waals surface area contributed by atoms with Gasteiger partial charge in [0.05, 0.1) is 40.3 Å². The predicted octanol–water partition coefficient (Wildman–Crippen LogP) is 12.0. The predicted molar refractivity (Wildman–Crippen MR) is 245 cm³/mol. The van der Waals surface area contributed by atoms with Gasteiger partial charge in [-0.3, -0.25) is 9.59 Å². The Labute approximate surface area is 362 Å². The maximum atomic E-state index is 12.7. The second kappa shape index (κ2) is 41.8. The summed E-state index contributed by atoms with van der Waals surface area (Å²) in [6.45, 7) is 4.54. The molecule has 0 radical (unpaired) electrons. The monoisotopic (exact) mass is 828 g/mol. The van der Waals surface area contributed by atoms with Crippen LogP contribution in [0.25, 0.3) is 0 Å². The summed E-state index contributed by atoms with van der Waals surface area (Å²) < 4.78 is 17.2. The van der Waals surface area contributed by atoms with Crippen molar-refractivity contribution in [3.63, 3.8) is 0 Å². The minimum absolute atomic E-state index is 0.0372. The van der Waals surface area contributed by atoms with E-state index in [0.717, 1.165) is 77.0 Å². The number of rotatable bonds is 42. The molecular weight excluding hydrogens is 739 g/mol. The van der Waals surface area contributed by atoms with E-state index in [1.54, 1.807) is 21.1 Å². The topological polar surface area (TPSA) is 102 Å². The van der Waals surface area contributed by atoms with Gasteiger partial charge in [0.1, 0.15) is 12.6 Å². The number of esters is 2. The first kappa shape index (κ1) is 56.0. The van der Waals surface area contributed by atoms with E-state index in [9.17, 15) is 19.5 Å². The van der Waals surface area contributed by atoms with Crippen LogP contribution in [0.4, 0.5) is 0 Å². The zero-order valence-electron chi connectivity index (χ0n) is 38.7. The second-order valence-corrected chi connectivity index (χ2v) is 17.0. The van der Waals surface area contributed by atoms with Crippen LogP contribution < -0.4 is 5.11 Å². The number of hydrogen-bond donors (Lipinski definition) is 0. The van der Waals surface area contributed by atoms with E-state index in [1.165, 1.54) is 83.5 Å². The van der Waals surface area contributed by atoms with Gasteiger partial charge in [-0.15, -0.1) is 0 Å². The SMILES string of the molecule is CC/C=C/C/C=C/C/C=C/C/C=C/C/C=C/CCCCCCCCCC(=O)OCC(COCCC(C(=O)[O-])[N+](C)(C)C)OC(=O)CCCCCCCCCCCCCC. The lowest BCUT2D eigenvalue weighted by molar-refractivity contribution is -0.889. The molecule has 0 aliphatic carbocycles.